The van der Waals surface area contributed by atoms with Gasteiger partial charge in [0.1, 0.15) is 0 Å². The number of nitrogens with zero attached hydrogens (tertiary/aromatic N) is 1. The van der Waals surface area contributed by atoms with Crippen LogP contribution in [0.3, 0.4) is 0 Å². The Morgan fingerprint density at radius 2 is 1.71 bits per heavy atom. The standard InChI is InChI=1S/C20H17Cl2NO/c1-3-23-11-16(15-8-9-18(21)19(22)10-15)17(12-23)20(24)14-6-4-13(2)5-7-14/h4-12H,3H2,1-2H3. The molecule has 3 aromatic rings. The van der Waals surface area contributed by atoms with E-state index < -0.39 is 0 Å². The molecule has 0 fully saturated rings. The summed E-state index contributed by atoms with van der Waals surface area (Å²) in [7, 11) is 0. The first kappa shape index (κ1) is 16.8. The normalized spacial score (nSPS) is 10.8. The van der Waals surface area contributed by atoms with Gasteiger partial charge in [0.25, 0.3) is 0 Å². The summed E-state index contributed by atoms with van der Waals surface area (Å²) < 4.78 is 2.00. The molecule has 0 unspecified atom stereocenters. The van der Waals surface area contributed by atoms with Crippen LogP contribution in [0.2, 0.25) is 10.0 Å². The quantitative estimate of drug-likeness (QED) is 0.523. The van der Waals surface area contributed by atoms with Gasteiger partial charge in [0.15, 0.2) is 5.78 Å². The van der Waals surface area contributed by atoms with Crippen LogP contribution in [0, 0.1) is 6.92 Å². The molecule has 2 aromatic carbocycles. The van der Waals surface area contributed by atoms with Gasteiger partial charge in [0, 0.05) is 35.6 Å². The van der Waals surface area contributed by atoms with E-state index in [1.165, 1.54) is 0 Å². The Balaban J connectivity index is 2.10. The van der Waals surface area contributed by atoms with Gasteiger partial charge >= 0.3 is 0 Å². The molecule has 0 N–H and O–H groups in total. The van der Waals surface area contributed by atoms with Crippen LogP contribution in [0.15, 0.2) is 54.9 Å². The summed E-state index contributed by atoms with van der Waals surface area (Å²) >= 11 is 12.2. The molecule has 0 radical (unpaired) electrons. The summed E-state index contributed by atoms with van der Waals surface area (Å²) in [6.45, 7) is 4.83. The van der Waals surface area contributed by atoms with E-state index in [0.717, 1.165) is 23.2 Å². The highest BCUT2D eigenvalue weighted by molar-refractivity contribution is 6.42. The molecule has 0 saturated heterocycles. The number of halogens is 2. The van der Waals surface area contributed by atoms with Crippen molar-refractivity contribution in [1.82, 2.24) is 4.57 Å². The molecule has 0 atom stereocenters. The molecular formula is C20H17Cl2NO. The lowest BCUT2D eigenvalue weighted by Crippen LogP contribution is -2.02. The Bertz CT molecular complexity index is 895. The van der Waals surface area contributed by atoms with E-state index >= 15 is 0 Å². The number of benzene rings is 2. The monoisotopic (exact) mass is 357 g/mol. The smallest absolute Gasteiger partial charge is 0.195 e. The van der Waals surface area contributed by atoms with Crippen molar-refractivity contribution in [1.29, 1.82) is 0 Å². The van der Waals surface area contributed by atoms with Crippen molar-refractivity contribution in [2.45, 2.75) is 20.4 Å². The number of carbonyl (C=O) groups excluding carboxylic acids is 1. The van der Waals surface area contributed by atoms with Crippen LogP contribution in [0.1, 0.15) is 28.4 Å². The van der Waals surface area contributed by atoms with Gasteiger partial charge in [-0.25, -0.2) is 0 Å². The summed E-state index contributed by atoms with van der Waals surface area (Å²) in [5, 5.41) is 0.980. The summed E-state index contributed by atoms with van der Waals surface area (Å²) in [5.41, 5.74) is 4.21. The molecule has 122 valence electrons. The summed E-state index contributed by atoms with van der Waals surface area (Å²) in [4.78, 5) is 13.0. The maximum Gasteiger partial charge on any atom is 0.195 e. The number of aromatic nitrogens is 1. The molecule has 0 spiro atoms. The number of hydrogen-bond acceptors (Lipinski definition) is 1. The zero-order valence-corrected chi connectivity index (χ0v) is 15.0. The van der Waals surface area contributed by atoms with Crippen LogP contribution in [-0.2, 0) is 6.54 Å². The lowest BCUT2D eigenvalue weighted by atomic mass is 9.97. The predicted molar refractivity (Wildman–Crippen MR) is 100 cm³/mol. The van der Waals surface area contributed by atoms with Gasteiger partial charge in [-0.1, -0.05) is 59.1 Å². The van der Waals surface area contributed by atoms with Crippen molar-refractivity contribution < 1.29 is 4.79 Å². The second-order valence-corrected chi connectivity index (χ2v) is 6.55. The van der Waals surface area contributed by atoms with Gasteiger partial charge in [0.05, 0.1) is 10.0 Å². The predicted octanol–water partition coefficient (Wildman–Crippen LogP) is 6.02. The van der Waals surface area contributed by atoms with Gasteiger partial charge in [-0.2, -0.15) is 0 Å². The van der Waals surface area contributed by atoms with E-state index in [9.17, 15) is 4.79 Å². The topological polar surface area (TPSA) is 22.0 Å². The number of ketones is 1. The fourth-order valence-corrected chi connectivity index (χ4v) is 2.92. The van der Waals surface area contributed by atoms with Gasteiger partial charge in [0.2, 0.25) is 0 Å². The van der Waals surface area contributed by atoms with Crippen LogP contribution in [0.25, 0.3) is 11.1 Å². The number of carbonyl (C=O) groups is 1. The Morgan fingerprint density at radius 3 is 2.33 bits per heavy atom. The molecule has 24 heavy (non-hydrogen) atoms. The van der Waals surface area contributed by atoms with Crippen molar-refractivity contribution in [3.05, 3.63) is 81.6 Å². The van der Waals surface area contributed by atoms with Crippen LogP contribution in [0.5, 0.6) is 0 Å². The minimum atomic E-state index is 0.00303. The largest absolute Gasteiger partial charge is 0.353 e. The number of rotatable bonds is 4. The maximum atomic E-state index is 13.0. The zero-order valence-electron chi connectivity index (χ0n) is 13.5. The van der Waals surface area contributed by atoms with Crippen molar-refractivity contribution in [2.75, 3.05) is 0 Å². The summed E-state index contributed by atoms with van der Waals surface area (Å²) in [6, 6.07) is 13.0. The third-order valence-corrected chi connectivity index (χ3v) is 4.77. The van der Waals surface area contributed by atoms with Gasteiger partial charge in [-0.3, -0.25) is 4.79 Å². The van der Waals surface area contributed by atoms with Crippen LogP contribution < -0.4 is 0 Å². The van der Waals surface area contributed by atoms with E-state index in [-0.39, 0.29) is 5.78 Å². The Labute approximate surface area is 151 Å². The second-order valence-electron chi connectivity index (χ2n) is 5.74. The molecule has 4 heteroatoms. The Morgan fingerprint density at radius 1 is 1.00 bits per heavy atom. The molecule has 2 nitrogen and oxygen atoms in total. The van der Waals surface area contributed by atoms with E-state index in [1.54, 1.807) is 12.1 Å². The van der Waals surface area contributed by atoms with Crippen molar-refractivity contribution in [2.24, 2.45) is 0 Å². The molecule has 1 aromatic heterocycles. The SMILES string of the molecule is CCn1cc(C(=O)c2ccc(C)cc2)c(-c2ccc(Cl)c(Cl)c2)c1. The lowest BCUT2D eigenvalue weighted by molar-refractivity contribution is 0.103. The second kappa shape index (κ2) is 6.84. The average Bonchev–Trinajstić information content (AvgIpc) is 3.02. The van der Waals surface area contributed by atoms with E-state index in [4.69, 9.17) is 23.2 Å². The molecule has 0 aliphatic carbocycles. The van der Waals surface area contributed by atoms with Crippen molar-refractivity contribution in [3.63, 3.8) is 0 Å². The van der Waals surface area contributed by atoms with Gasteiger partial charge in [-0.15, -0.1) is 0 Å². The molecule has 0 saturated carbocycles. The number of aryl methyl sites for hydroxylation is 2. The van der Waals surface area contributed by atoms with Crippen molar-refractivity contribution in [3.8, 4) is 11.1 Å². The van der Waals surface area contributed by atoms with Crippen LogP contribution in [-0.4, -0.2) is 10.4 Å². The molecule has 0 aliphatic heterocycles. The molecule has 0 bridgehead atoms. The first-order valence-electron chi connectivity index (χ1n) is 7.76. The van der Waals surface area contributed by atoms with Gasteiger partial charge < -0.3 is 4.57 Å². The molecule has 3 rings (SSSR count). The summed E-state index contributed by atoms with van der Waals surface area (Å²) in [6.07, 6.45) is 3.86. The highest BCUT2D eigenvalue weighted by atomic mass is 35.5. The zero-order chi connectivity index (χ0) is 17.3. The fourth-order valence-electron chi connectivity index (χ4n) is 2.63. The Kier molecular flexibility index (Phi) is 4.79. The van der Waals surface area contributed by atoms with E-state index in [1.807, 2.05) is 61.1 Å². The average molecular weight is 358 g/mol. The molecular weight excluding hydrogens is 341 g/mol. The Hall–Kier alpha value is -2.03. The number of hydrogen-bond donors (Lipinski definition) is 0. The highest BCUT2D eigenvalue weighted by Crippen LogP contribution is 2.32. The third kappa shape index (κ3) is 3.26. The van der Waals surface area contributed by atoms with E-state index in [0.29, 0.717) is 21.2 Å². The molecule has 1 heterocycles. The minimum absolute atomic E-state index is 0.00303. The van der Waals surface area contributed by atoms with Crippen molar-refractivity contribution >= 4 is 29.0 Å². The molecule has 0 aliphatic rings. The van der Waals surface area contributed by atoms with Gasteiger partial charge in [-0.05, 0) is 31.5 Å². The lowest BCUT2D eigenvalue weighted by Gasteiger charge is -2.06. The fraction of sp³-hybridized carbons (Fsp3) is 0.150. The molecule has 0 amide bonds. The maximum absolute atomic E-state index is 13.0. The first-order chi connectivity index (χ1) is 11.5. The highest BCUT2D eigenvalue weighted by Gasteiger charge is 2.18. The first-order valence-corrected chi connectivity index (χ1v) is 8.51. The van der Waals surface area contributed by atoms with Crippen LogP contribution >= 0.6 is 23.2 Å². The van der Waals surface area contributed by atoms with E-state index in [2.05, 4.69) is 0 Å². The van der Waals surface area contributed by atoms with Crippen LogP contribution in [0.4, 0.5) is 0 Å². The summed E-state index contributed by atoms with van der Waals surface area (Å²) in [5.74, 6) is 0.00303. The third-order valence-electron chi connectivity index (χ3n) is 4.03. The minimum Gasteiger partial charge on any atom is -0.353 e.